The van der Waals surface area contributed by atoms with Crippen molar-refractivity contribution in [1.29, 1.82) is 0 Å². The Morgan fingerprint density at radius 3 is 2.81 bits per heavy atom. The number of ether oxygens (including phenoxy) is 1. The lowest BCUT2D eigenvalue weighted by Crippen LogP contribution is -2.39. The minimum absolute atomic E-state index is 0.00499. The standard InChI is InChI=1S/C16H21NO4/c1-11(2)17(7-5-16(19)20)15(18)10-12-3-4-14-13(9-12)6-8-21-14/h3-4,9,11H,5-8,10H2,1-2H3,(H,19,20). The van der Waals surface area contributed by atoms with Crippen molar-refractivity contribution in [3.05, 3.63) is 29.3 Å². The largest absolute Gasteiger partial charge is 0.493 e. The molecule has 0 spiro atoms. The minimum atomic E-state index is -0.886. The summed E-state index contributed by atoms with van der Waals surface area (Å²) in [6, 6.07) is 5.81. The first-order chi connectivity index (χ1) is 9.97. The molecule has 1 aliphatic rings. The minimum Gasteiger partial charge on any atom is -0.493 e. The Kier molecular flexibility index (Phi) is 4.83. The molecule has 5 nitrogen and oxygen atoms in total. The highest BCUT2D eigenvalue weighted by Gasteiger charge is 2.19. The van der Waals surface area contributed by atoms with E-state index in [-0.39, 0.29) is 24.9 Å². The van der Waals surface area contributed by atoms with Crippen LogP contribution in [0.15, 0.2) is 18.2 Å². The molecule has 0 atom stereocenters. The van der Waals surface area contributed by atoms with E-state index in [1.54, 1.807) is 4.90 Å². The summed E-state index contributed by atoms with van der Waals surface area (Å²) in [5.74, 6) is -0.0222. The number of aliphatic carboxylic acids is 1. The van der Waals surface area contributed by atoms with E-state index in [0.717, 1.165) is 23.3 Å². The molecule has 1 aromatic carbocycles. The van der Waals surface area contributed by atoms with Gasteiger partial charge in [0.15, 0.2) is 0 Å². The SMILES string of the molecule is CC(C)N(CCC(=O)O)C(=O)Cc1ccc2c(c1)CCO2. The summed E-state index contributed by atoms with van der Waals surface area (Å²) in [7, 11) is 0. The number of amides is 1. The van der Waals surface area contributed by atoms with Gasteiger partial charge < -0.3 is 14.7 Å². The van der Waals surface area contributed by atoms with Crippen LogP contribution in [-0.2, 0) is 22.4 Å². The van der Waals surface area contributed by atoms with Crippen molar-refractivity contribution in [2.45, 2.75) is 39.2 Å². The smallest absolute Gasteiger partial charge is 0.305 e. The maximum atomic E-state index is 12.4. The fourth-order valence-electron chi connectivity index (χ4n) is 2.51. The van der Waals surface area contributed by atoms with Gasteiger partial charge in [0.1, 0.15) is 5.75 Å². The lowest BCUT2D eigenvalue weighted by Gasteiger charge is -2.26. The summed E-state index contributed by atoms with van der Waals surface area (Å²) in [6.07, 6.45) is 1.15. The number of nitrogens with zero attached hydrogens (tertiary/aromatic N) is 1. The zero-order valence-electron chi connectivity index (χ0n) is 12.5. The second kappa shape index (κ2) is 6.61. The molecule has 0 aromatic heterocycles. The summed E-state index contributed by atoms with van der Waals surface area (Å²) in [4.78, 5) is 24.7. The fourth-order valence-corrected chi connectivity index (χ4v) is 2.51. The molecule has 1 aliphatic heterocycles. The van der Waals surface area contributed by atoms with Crippen LogP contribution in [0.4, 0.5) is 0 Å². The Bertz CT molecular complexity index is 539. The van der Waals surface area contributed by atoms with Crippen molar-refractivity contribution in [1.82, 2.24) is 4.90 Å². The summed E-state index contributed by atoms with van der Waals surface area (Å²) in [5.41, 5.74) is 2.09. The molecule has 1 amide bonds. The van der Waals surface area contributed by atoms with Gasteiger partial charge in [0, 0.05) is 19.0 Å². The molecule has 0 saturated carbocycles. The van der Waals surface area contributed by atoms with Crippen molar-refractivity contribution >= 4 is 11.9 Å². The molecule has 0 radical (unpaired) electrons. The van der Waals surface area contributed by atoms with Crippen LogP contribution < -0.4 is 4.74 Å². The number of hydrogen-bond acceptors (Lipinski definition) is 3. The molecule has 1 heterocycles. The number of carboxylic acids is 1. The Morgan fingerprint density at radius 2 is 2.14 bits per heavy atom. The van der Waals surface area contributed by atoms with Gasteiger partial charge in [0.25, 0.3) is 0 Å². The Labute approximate surface area is 124 Å². The second-order valence-corrected chi connectivity index (χ2v) is 5.54. The molecule has 0 aliphatic carbocycles. The van der Waals surface area contributed by atoms with E-state index in [1.807, 2.05) is 32.0 Å². The summed E-state index contributed by atoms with van der Waals surface area (Å²) >= 11 is 0. The van der Waals surface area contributed by atoms with Crippen LogP contribution in [0.2, 0.25) is 0 Å². The van der Waals surface area contributed by atoms with Gasteiger partial charge in [0.2, 0.25) is 5.91 Å². The van der Waals surface area contributed by atoms with E-state index >= 15 is 0 Å². The number of carbonyl (C=O) groups is 2. The molecule has 2 rings (SSSR count). The third-order valence-electron chi connectivity index (χ3n) is 3.62. The summed E-state index contributed by atoms with van der Waals surface area (Å²) in [5, 5.41) is 8.77. The number of carboxylic acid groups (broad SMARTS) is 1. The highest BCUT2D eigenvalue weighted by molar-refractivity contribution is 5.79. The van der Waals surface area contributed by atoms with Crippen molar-refractivity contribution < 1.29 is 19.4 Å². The van der Waals surface area contributed by atoms with Gasteiger partial charge in [-0.05, 0) is 31.0 Å². The van der Waals surface area contributed by atoms with Gasteiger partial charge in [-0.3, -0.25) is 9.59 Å². The third kappa shape index (κ3) is 3.97. The van der Waals surface area contributed by atoms with Crippen LogP contribution in [0.25, 0.3) is 0 Å². The molecule has 5 heteroatoms. The summed E-state index contributed by atoms with van der Waals surface area (Å²) < 4.78 is 5.45. The second-order valence-electron chi connectivity index (χ2n) is 5.54. The zero-order valence-corrected chi connectivity index (χ0v) is 12.5. The quantitative estimate of drug-likeness (QED) is 0.869. The van der Waals surface area contributed by atoms with Gasteiger partial charge in [0.05, 0.1) is 19.4 Å². The number of rotatable bonds is 6. The van der Waals surface area contributed by atoms with Crippen LogP contribution in [0.1, 0.15) is 31.4 Å². The number of fused-ring (bicyclic) bond motifs is 1. The Balaban J connectivity index is 2.02. The molecule has 0 saturated heterocycles. The van der Waals surface area contributed by atoms with Crippen LogP contribution >= 0.6 is 0 Å². The molecule has 1 aromatic rings. The number of carbonyl (C=O) groups excluding carboxylic acids is 1. The van der Waals surface area contributed by atoms with E-state index in [0.29, 0.717) is 13.0 Å². The maximum absolute atomic E-state index is 12.4. The Morgan fingerprint density at radius 1 is 1.38 bits per heavy atom. The number of hydrogen-bond donors (Lipinski definition) is 1. The van der Waals surface area contributed by atoms with E-state index in [2.05, 4.69) is 0 Å². The fraction of sp³-hybridized carbons (Fsp3) is 0.500. The van der Waals surface area contributed by atoms with Crippen molar-refractivity contribution in [2.24, 2.45) is 0 Å². The first kappa shape index (κ1) is 15.4. The van der Waals surface area contributed by atoms with Crippen LogP contribution in [0, 0.1) is 0 Å². The first-order valence-corrected chi connectivity index (χ1v) is 7.23. The molecule has 21 heavy (non-hydrogen) atoms. The van der Waals surface area contributed by atoms with Gasteiger partial charge >= 0.3 is 5.97 Å². The zero-order chi connectivity index (χ0) is 15.4. The van der Waals surface area contributed by atoms with Crippen LogP contribution in [-0.4, -0.2) is 41.1 Å². The lowest BCUT2D eigenvalue weighted by molar-refractivity contribution is -0.139. The van der Waals surface area contributed by atoms with Crippen molar-refractivity contribution in [3.63, 3.8) is 0 Å². The van der Waals surface area contributed by atoms with Crippen LogP contribution in [0.3, 0.4) is 0 Å². The van der Waals surface area contributed by atoms with Gasteiger partial charge in [-0.25, -0.2) is 0 Å². The van der Waals surface area contributed by atoms with Gasteiger partial charge in [-0.15, -0.1) is 0 Å². The average Bonchev–Trinajstić information content (AvgIpc) is 2.85. The topological polar surface area (TPSA) is 66.8 Å². The molecule has 0 unspecified atom stereocenters. The molecule has 0 bridgehead atoms. The Hall–Kier alpha value is -2.04. The van der Waals surface area contributed by atoms with Gasteiger partial charge in [-0.1, -0.05) is 12.1 Å². The molecule has 1 N–H and O–H groups in total. The molecular weight excluding hydrogens is 270 g/mol. The van der Waals surface area contributed by atoms with Crippen LogP contribution in [0.5, 0.6) is 5.75 Å². The predicted molar refractivity (Wildman–Crippen MR) is 78.4 cm³/mol. The van der Waals surface area contributed by atoms with Gasteiger partial charge in [-0.2, -0.15) is 0 Å². The molecule has 114 valence electrons. The van der Waals surface area contributed by atoms with Crippen molar-refractivity contribution in [2.75, 3.05) is 13.2 Å². The lowest BCUT2D eigenvalue weighted by atomic mass is 10.1. The third-order valence-corrected chi connectivity index (χ3v) is 3.62. The van der Waals surface area contributed by atoms with Crippen molar-refractivity contribution in [3.8, 4) is 5.75 Å². The average molecular weight is 291 g/mol. The summed E-state index contributed by atoms with van der Waals surface area (Å²) in [6.45, 7) is 4.75. The highest BCUT2D eigenvalue weighted by atomic mass is 16.5. The normalized spacial score (nSPS) is 12.9. The maximum Gasteiger partial charge on any atom is 0.305 e. The van der Waals surface area contributed by atoms with E-state index in [1.165, 1.54) is 0 Å². The highest BCUT2D eigenvalue weighted by Crippen LogP contribution is 2.26. The van der Waals surface area contributed by atoms with E-state index in [9.17, 15) is 9.59 Å². The first-order valence-electron chi connectivity index (χ1n) is 7.23. The van der Waals surface area contributed by atoms with E-state index in [4.69, 9.17) is 9.84 Å². The monoisotopic (exact) mass is 291 g/mol. The van der Waals surface area contributed by atoms with E-state index < -0.39 is 5.97 Å². The molecular formula is C16H21NO4. The predicted octanol–water partition coefficient (Wildman–Crippen LogP) is 1.88. The molecule has 0 fully saturated rings. The number of benzene rings is 1.